The van der Waals surface area contributed by atoms with E-state index in [1.807, 2.05) is 29.0 Å². The fourth-order valence-electron chi connectivity index (χ4n) is 3.25. The zero-order valence-corrected chi connectivity index (χ0v) is 15.4. The Labute approximate surface area is 149 Å². The number of nitrogens with zero attached hydrogens (tertiary/aromatic N) is 3. The predicted molar refractivity (Wildman–Crippen MR) is 101 cm³/mol. The SMILES string of the molecule is CSc1nc2sc3c(c2c(=O)n1Cc1ccccc1)CCN(C)C3. The second-order valence-corrected chi connectivity index (χ2v) is 8.00. The molecule has 0 bridgehead atoms. The lowest BCUT2D eigenvalue weighted by Crippen LogP contribution is -2.27. The first-order valence-corrected chi connectivity index (χ1v) is 10.0. The second-order valence-electron chi connectivity index (χ2n) is 6.15. The Balaban J connectivity index is 1.90. The van der Waals surface area contributed by atoms with Crippen molar-refractivity contribution in [2.24, 2.45) is 0 Å². The molecule has 3 aromatic rings. The number of thiophene rings is 1. The molecule has 124 valence electrons. The van der Waals surface area contributed by atoms with E-state index in [0.717, 1.165) is 40.4 Å². The van der Waals surface area contributed by atoms with Gasteiger partial charge in [-0.15, -0.1) is 11.3 Å². The van der Waals surface area contributed by atoms with E-state index in [1.54, 1.807) is 11.3 Å². The van der Waals surface area contributed by atoms with Gasteiger partial charge in [0.2, 0.25) is 0 Å². The first kappa shape index (κ1) is 15.9. The quantitative estimate of drug-likeness (QED) is 0.533. The van der Waals surface area contributed by atoms with Crippen molar-refractivity contribution in [2.45, 2.75) is 24.7 Å². The van der Waals surface area contributed by atoms with E-state index in [4.69, 9.17) is 4.98 Å². The monoisotopic (exact) mass is 357 g/mol. The summed E-state index contributed by atoms with van der Waals surface area (Å²) in [5, 5.41) is 1.64. The number of likely N-dealkylation sites (N-methyl/N-ethyl adjacent to an activating group) is 1. The Morgan fingerprint density at radius 1 is 1.29 bits per heavy atom. The van der Waals surface area contributed by atoms with Crippen molar-refractivity contribution in [2.75, 3.05) is 19.8 Å². The number of benzene rings is 1. The van der Waals surface area contributed by atoms with Gasteiger partial charge in [-0.2, -0.15) is 0 Å². The Kier molecular flexibility index (Phi) is 4.20. The van der Waals surface area contributed by atoms with Crippen LogP contribution in [0.3, 0.4) is 0 Å². The number of thioether (sulfide) groups is 1. The molecule has 0 aliphatic carbocycles. The average Bonchev–Trinajstić information content (AvgIpc) is 2.95. The maximum Gasteiger partial charge on any atom is 0.263 e. The highest BCUT2D eigenvalue weighted by Crippen LogP contribution is 2.33. The van der Waals surface area contributed by atoms with Crippen molar-refractivity contribution in [1.82, 2.24) is 14.5 Å². The van der Waals surface area contributed by atoms with Crippen molar-refractivity contribution in [1.29, 1.82) is 0 Å². The average molecular weight is 358 g/mol. The molecular weight excluding hydrogens is 338 g/mol. The van der Waals surface area contributed by atoms with Crippen LogP contribution < -0.4 is 5.56 Å². The van der Waals surface area contributed by atoms with Crippen molar-refractivity contribution in [3.63, 3.8) is 0 Å². The Morgan fingerprint density at radius 3 is 2.83 bits per heavy atom. The van der Waals surface area contributed by atoms with E-state index in [0.29, 0.717) is 6.54 Å². The minimum Gasteiger partial charge on any atom is -0.301 e. The summed E-state index contributed by atoms with van der Waals surface area (Å²) in [6.07, 6.45) is 2.92. The van der Waals surface area contributed by atoms with E-state index in [2.05, 4.69) is 24.1 Å². The maximum atomic E-state index is 13.2. The molecule has 2 aromatic heterocycles. The van der Waals surface area contributed by atoms with Gasteiger partial charge in [0.05, 0.1) is 11.9 Å². The number of aromatic nitrogens is 2. The van der Waals surface area contributed by atoms with Crippen LogP contribution in [0.2, 0.25) is 0 Å². The molecule has 1 aliphatic rings. The van der Waals surface area contributed by atoms with Crippen LogP contribution in [-0.4, -0.2) is 34.3 Å². The number of hydrogen-bond donors (Lipinski definition) is 0. The molecule has 0 spiro atoms. The van der Waals surface area contributed by atoms with Gasteiger partial charge in [-0.3, -0.25) is 9.36 Å². The standard InChI is InChI=1S/C18H19N3OS2/c1-20-9-8-13-14(11-20)24-16-15(13)17(22)21(18(19-16)23-2)10-12-6-4-3-5-7-12/h3-7H,8-11H2,1-2H3. The first-order valence-electron chi connectivity index (χ1n) is 7.99. The van der Waals surface area contributed by atoms with Crippen molar-refractivity contribution < 1.29 is 0 Å². The largest absolute Gasteiger partial charge is 0.301 e. The number of rotatable bonds is 3. The molecule has 0 amide bonds. The van der Waals surface area contributed by atoms with Crippen LogP contribution in [0.1, 0.15) is 16.0 Å². The molecule has 0 radical (unpaired) electrons. The van der Waals surface area contributed by atoms with Gasteiger partial charge in [0, 0.05) is 18.0 Å². The predicted octanol–water partition coefficient (Wildman–Crippen LogP) is 3.22. The highest BCUT2D eigenvalue weighted by molar-refractivity contribution is 7.98. The Hall–Kier alpha value is -1.63. The summed E-state index contributed by atoms with van der Waals surface area (Å²) in [6, 6.07) is 10.1. The van der Waals surface area contributed by atoms with Crippen LogP contribution in [-0.2, 0) is 19.5 Å². The molecule has 0 atom stereocenters. The van der Waals surface area contributed by atoms with Gasteiger partial charge in [-0.1, -0.05) is 42.1 Å². The molecule has 1 aromatic carbocycles. The highest BCUT2D eigenvalue weighted by Gasteiger charge is 2.23. The van der Waals surface area contributed by atoms with Crippen molar-refractivity contribution in [3.05, 3.63) is 56.7 Å². The third kappa shape index (κ3) is 2.68. The van der Waals surface area contributed by atoms with E-state index in [1.165, 1.54) is 22.2 Å². The molecule has 1 aliphatic heterocycles. The summed E-state index contributed by atoms with van der Waals surface area (Å²) in [6.45, 7) is 2.49. The van der Waals surface area contributed by atoms with Crippen LogP contribution in [0.25, 0.3) is 10.2 Å². The molecule has 3 heterocycles. The molecule has 6 heteroatoms. The van der Waals surface area contributed by atoms with E-state index >= 15 is 0 Å². The third-order valence-corrected chi connectivity index (χ3v) is 6.27. The summed E-state index contributed by atoms with van der Waals surface area (Å²) < 4.78 is 1.83. The van der Waals surface area contributed by atoms with Gasteiger partial charge in [-0.05, 0) is 30.9 Å². The van der Waals surface area contributed by atoms with E-state index < -0.39 is 0 Å². The maximum absolute atomic E-state index is 13.2. The van der Waals surface area contributed by atoms with Crippen LogP contribution in [0.4, 0.5) is 0 Å². The number of fused-ring (bicyclic) bond motifs is 3. The Bertz CT molecular complexity index is 946. The third-order valence-electron chi connectivity index (χ3n) is 4.48. The molecule has 0 saturated heterocycles. The second kappa shape index (κ2) is 6.35. The molecule has 0 unspecified atom stereocenters. The molecular formula is C18H19N3OS2. The first-order chi connectivity index (χ1) is 11.7. The van der Waals surface area contributed by atoms with E-state index in [-0.39, 0.29) is 5.56 Å². The highest BCUT2D eigenvalue weighted by atomic mass is 32.2. The van der Waals surface area contributed by atoms with Gasteiger partial charge in [0.1, 0.15) is 4.83 Å². The lowest BCUT2D eigenvalue weighted by molar-refractivity contribution is 0.318. The summed E-state index contributed by atoms with van der Waals surface area (Å²) in [5.74, 6) is 0. The van der Waals surface area contributed by atoms with Crippen molar-refractivity contribution in [3.8, 4) is 0 Å². The fourth-order valence-corrected chi connectivity index (χ4v) is 5.14. The fraction of sp³-hybridized carbons (Fsp3) is 0.333. The van der Waals surface area contributed by atoms with Crippen LogP contribution in [0, 0.1) is 0 Å². The zero-order chi connectivity index (χ0) is 16.7. The van der Waals surface area contributed by atoms with E-state index in [9.17, 15) is 4.79 Å². The minimum absolute atomic E-state index is 0.107. The zero-order valence-electron chi connectivity index (χ0n) is 13.8. The molecule has 0 fully saturated rings. The molecule has 4 rings (SSSR count). The van der Waals surface area contributed by atoms with Gasteiger partial charge in [-0.25, -0.2) is 4.98 Å². The molecule has 24 heavy (non-hydrogen) atoms. The number of hydrogen-bond acceptors (Lipinski definition) is 5. The van der Waals surface area contributed by atoms with Crippen LogP contribution in [0.15, 0.2) is 40.3 Å². The minimum atomic E-state index is 0.107. The molecule has 0 saturated carbocycles. The van der Waals surface area contributed by atoms with Crippen molar-refractivity contribution >= 4 is 33.3 Å². The Morgan fingerprint density at radius 2 is 2.08 bits per heavy atom. The normalized spacial score (nSPS) is 14.9. The lowest BCUT2D eigenvalue weighted by Gasteiger charge is -2.21. The topological polar surface area (TPSA) is 38.1 Å². The molecule has 0 N–H and O–H groups in total. The molecule has 4 nitrogen and oxygen atoms in total. The van der Waals surface area contributed by atoms with Gasteiger partial charge in [0.15, 0.2) is 5.16 Å². The summed E-state index contributed by atoms with van der Waals surface area (Å²) in [7, 11) is 2.13. The van der Waals surface area contributed by atoms with Gasteiger partial charge < -0.3 is 4.90 Å². The lowest BCUT2D eigenvalue weighted by atomic mass is 10.1. The van der Waals surface area contributed by atoms with Crippen LogP contribution >= 0.6 is 23.1 Å². The smallest absolute Gasteiger partial charge is 0.263 e. The van der Waals surface area contributed by atoms with Gasteiger partial charge in [0.25, 0.3) is 5.56 Å². The summed E-state index contributed by atoms with van der Waals surface area (Å²) >= 11 is 3.22. The van der Waals surface area contributed by atoms with Crippen LogP contribution in [0.5, 0.6) is 0 Å². The summed E-state index contributed by atoms with van der Waals surface area (Å²) in [5.41, 5.74) is 2.45. The van der Waals surface area contributed by atoms with Gasteiger partial charge >= 0.3 is 0 Å². The summed E-state index contributed by atoms with van der Waals surface area (Å²) in [4.78, 5) is 22.5.